The van der Waals surface area contributed by atoms with Gasteiger partial charge in [0.25, 0.3) is 0 Å². The largest absolute Gasteiger partial charge is 0.465 e. The average Bonchev–Trinajstić information content (AvgIpc) is 2.39. The molecule has 1 amide bonds. The van der Waals surface area contributed by atoms with Crippen molar-refractivity contribution in [1.82, 2.24) is 10.6 Å². The Kier molecular flexibility index (Phi) is 4.04. The fraction of sp³-hybridized carbons (Fsp3) is 0.462. The molecule has 1 aromatic rings. The molecule has 0 saturated carbocycles. The summed E-state index contributed by atoms with van der Waals surface area (Å²) in [5, 5.41) is 14.4. The van der Waals surface area contributed by atoms with Gasteiger partial charge in [-0.25, -0.2) is 4.79 Å². The molecule has 2 rings (SSSR count). The van der Waals surface area contributed by atoms with Crippen molar-refractivity contribution in [2.45, 2.75) is 13.0 Å². The van der Waals surface area contributed by atoms with Crippen LogP contribution in [0.2, 0.25) is 0 Å². The van der Waals surface area contributed by atoms with Gasteiger partial charge in [0.2, 0.25) is 0 Å². The summed E-state index contributed by atoms with van der Waals surface area (Å²) in [4.78, 5) is 12.9. The van der Waals surface area contributed by atoms with Gasteiger partial charge in [0.05, 0.1) is 6.04 Å². The van der Waals surface area contributed by atoms with Crippen LogP contribution in [0.15, 0.2) is 24.3 Å². The summed E-state index contributed by atoms with van der Waals surface area (Å²) >= 11 is 0. The van der Waals surface area contributed by atoms with Crippen LogP contribution in [0.3, 0.4) is 0 Å². The summed E-state index contributed by atoms with van der Waals surface area (Å²) in [6.07, 6.45) is -0.992. The van der Waals surface area contributed by atoms with E-state index in [4.69, 9.17) is 5.11 Å². The van der Waals surface area contributed by atoms with Crippen molar-refractivity contribution < 1.29 is 9.90 Å². The Bertz CT molecular complexity index is 399. The van der Waals surface area contributed by atoms with Crippen LogP contribution in [0, 0.1) is 0 Å². The lowest BCUT2D eigenvalue weighted by Gasteiger charge is -2.29. The molecule has 0 radical (unpaired) electrons. The highest BCUT2D eigenvalue weighted by molar-refractivity contribution is 5.65. The lowest BCUT2D eigenvalue weighted by molar-refractivity contribution is 0.191. The molecule has 1 aromatic carbocycles. The molecule has 1 heterocycles. The van der Waals surface area contributed by atoms with Gasteiger partial charge in [-0.15, -0.1) is 0 Å². The van der Waals surface area contributed by atoms with Crippen LogP contribution in [0.5, 0.6) is 0 Å². The summed E-state index contributed by atoms with van der Waals surface area (Å²) < 4.78 is 0. The van der Waals surface area contributed by atoms with Crippen molar-refractivity contribution in [3.8, 4) is 0 Å². The minimum Gasteiger partial charge on any atom is -0.465 e. The molecule has 0 aliphatic carbocycles. The third kappa shape index (κ3) is 3.13. The Morgan fingerprint density at radius 2 is 1.94 bits per heavy atom. The van der Waals surface area contributed by atoms with Gasteiger partial charge in [-0.05, 0) is 24.6 Å². The lowest BCUT2D eigenvalue weighted by Crippen LogP contribution is -2.43. The van der Waals surface area contributed by atoms with Gasteiger partial charge < -0.3 is 20.6 Å². The predicted molar refractivity (Wildman–Crippen MR) is 71.1 cm³/mol. The van der Waals surface area contributed by atoms with Crippen molar-refractivity contribution >= 4 is 11.8 Å². The second-order valence-corrected chi connectivity index (χ2v) is 4.50. The van der Waals surface area contributed by atoms with E-state index in [0.29, 0.717) is 0 Å². The Labute approximate surface area is 107 Å². The summed E-state index contributed by atoms with van der Waals surface area (Å²) in [6.45, 7) is 5.90. The van der Waals surface area contributed by atoms with Gasteiger partial charge in [-0.1, -0.05) is 12.1 Å². The van der Waals surface area contributed by atoms with Gasteiger partial charge >= 0.3 is 6.09 Å². The van der Waals surface area contributed by atoms with Gasteiger partial charge in [0, 0.05) is 31.9 Å². The zero-order chi connectivity index (χ0) is 13.0. The maximum atomic E-state index is 10.6. The number of hydrogen-bond donors (Lipinski definition) is 3. The van der Waals surface area contributed by atoms with E-state index < -0.39 is 6.09 Å². The molecule has 1 unspecified atom stereocenters. The third-order valence-corrected chi connectivity index (χ3v) is 3.22. The first-order chi connectivity index (χ1) is 8.66. The Morgan fingerprint density at radius 3 is 2.50 bits per heavy atom. The summed E-state index contributed by atoms with van der Waals surface area (Å²) in [7, 11) is 0. The van der Waals surface area contributed by atoms with Gasteiger partial charge in [0.1, 0.15) is 0 Å². The van der Waals surface area contributed by atoms with Crippen LogP contribution < -0.4 is 15.5 Å². The zero-order valence-corrected chi connectivity index (χ0v) is 10.5. The predicted octanol–water partition coefficient (Wildman–Crippen LogP) is 1.42. The number of benzene rings is 1. The van der Waals surface area contributed by atoms with Crippen LogP contribution >= 0.6 is 0 Å². The number of carboxylic acid groups (broad SMARTS) is 1. The number of nitrogens with zero attached hydrogens (tertiary/aromatic N) is 1. The average molecular weight is 249 g/mol. The molecule has 98 valence electrons. The van der Waals surface area contributed by atoms with Crippen molar-refractivity contribution in [1.29, 1.82) is 0 Å². The molecule has 0 aromatic heterocycles. The maximum Gasteiger partial charge on any atom is 0.405 e. The van der Waals surface area contributed by atoms with Crippen molar-refractivity contribution in [2.75, 3.05) is 31.1 Å². The molecule has 1 aliphatic heterocycles. The number of amides is 1. The van der Waals surface area contributed by atoms with E-state index in [1.54, 1.807) is 0 Å². The number of hydrogen-bond acceptors (Lipinski definition) is 3. The fourth-order valence-electron chi connectivity index (χ4n) is 2.17. The normalized spacial score (nSPS) is 17.3. The smallest absolute Gasteiger partial charge is 0.405 e. The van der Waals surface area contributed by atoms with Crippen LogP contribution in [-0.2, 0) is 0 Å². The molecule has 5 heteroatoms. The molecule has 1 aliphatic rings. The van der Waals surface area contributed by atoms with E-state index in [0.717, 1.165) is 31.7 Å². The fourth-order valence-corrected chi connectivity index (χ4v) is 2.17. The Morgan fingerprint density at radius 1 is 1.33 bits per heavy atom. The van der Waals surface area contributed by atoms with Crippen molar-refractivity contribution in [3.05, 3.63) is 29.8 Å². The van der Waals surface area contributed by atoms with Crippen LogP contribution in [0.4, 0.5) is 10.5 Å². The quantitative estimate of drug-likeness (QED) is 0.758. The minimum absolute atomic E-state index is 0.181. The van der Waals surface area contributed by atoms with E-state index in [1.165, 1.54) is 5.69 Å². The van der Waals surface area contributed by atoms with E-state index in [-0.39, 0.29) is 6.04 Å². The van der Waals surface area contributed by atoms with Gasteiger partial charge in [0.15, 0.2) is 0 Å². The summed E-state index contributed by atoms with van der Waals surface area (Å²) in [5.74, 6) is 0. The van der Waals surface area contributed by atoms with Gasteiger partial charge in [-0.3, -0.25) is 0 Å². The second-order valence-electron chi connectivity index (χ2n) is 4.50. The van der Waals surface area contributed by atoms with E-state index in [2.05, 4.69) is 27.7 Å². The topological polar surface area (TPSA) is 64.6 Å². The molecular weight excluding hydrogens is 230 g/mol. The molecular formula is C13H19N3O2. The molecule has 18 heavy (non-hydrogen) atoms. The van der Waals surface area contributed by atoms with Crippen LogP contribution in [0.1, 0.15) is 18.5 Å². The number of rotatable bonds is 3. The van der Waals surface area contributed by atoms with E-state index >= 15 is 0 Å². The van der Waals surface area contributed by atoms with Crippen LogP contribution in [0.25, 0.3) is 0 Å². The molecule has 5 nitrogen and oxygen atoms in total. The molecule has 0 spiro atoms. The second kappa shape index (κ2) is 5.73. The Balaban J connectivity index is 2.02. The number of carbonyl (C=O) groups is 1. The molecule has 0 bridgehead atoms. The molecule has 1 saturated heterocycles. The first-order valence-corrected chi connectivity index (χ1v) is 6.22. The minimum atomic E-state index is -0.992. The number of piperazine rings is 1. The SMILES string of the molecule is CC(NC(=O)O)c1ccc(N2CCNCC2)cc1. The highest BCUT2D eigenvalue weighted by atomic mass is 16.4. The highest BCUT2D eigenvalue weighted by Gasteiger charge is 2.12. The third-order valence-electron chi connectivity index (χ3n) is 3.22. The first-order valence-electron chi connectivity index (χ1n) is 6.22. The standard InChI is InChI=1S/C13H19N3O2/c1-10(15-13(17)18)11-2-4-12(5-3-11)16-8-6-14-7-9-16/h2-5,10,14-15H,6-9H2,1H3,(H,17,18). The molecule has 1 fully saturated rings. The number of nitrogens with one attached hydrogen (secondary N) is 2. The first kappa shape index (κ1) is 12.7. The van der Waals surface area contributed by atoms with Crippen molar-refractivity contribution in [3.63, 3.8) is 0 Å². The highest BCUT2D eigenvalue weighted by Crippen LogP contribution is 2.19. The maximum absolute atomic E-state index is 10.6. The van der Waals surface area contributed by atoms with Crippen molar-refractivity contribution in [2.24, 2.45) is 0 Å². The summed E-state index contributed by atoms with van der Waals surface area (Å²) in [5.41, 5.74) is 2.18. The molecule has 3 N–H and O–H groups in total. The molecule has 1 atom stereocenters. The number of anilines is 1. The Hall–Kier alpha value is -1.75. The van der Waals surface area contributed by atoms with Gasteiger partial charge in [-0.2, -0.15) is 0 Å². The summed E-state index contributed by atoms with van der Waals surface area (Å²) in [6, 6.07) is 7.90. The van der Waals surface area contributed by atoms with E-state index in [1.807, 2.05) is 19.1 Å². The van der Waals surface area contributed by atoms with Crippen LogP contribution in [-0.4, -0.2) is 37.4 Å². The lowest BCUT2D eigenvalue weighted by atomic mass is 10.1. The monoisotopic (exact) mass is 249 g/mol. The van der Waals surface area contributed by atoms with E-state index in [9.17, 15) is 4.79 Å². The zero-order valence-electron chi connectivity index (χ0n) is 10.5.